The van der Waals surface area contributed by atoms with Gasteiger partial charge in [0, 0.05) is 20.0 Å². The predicted molar refractivity (Wildman–Crippen MR) is 57.3 cm³/mol. The molecule has 1 amide bonds. The van der Waals surface area contributed by atoms with Gasteiger partial charge < -0.3 is 10.4 Å². The summed E-state index contributed by atoms with van der Waals surface area (Å²) in [6, 6.07) is -1.15. The molecular weight excluding hydrogens is 236 g/mol. The topological polar surface area (TPSA) is 104 Å². The number of hydrogen-bond acceptors (Lipinski definition) is 4. The van der Waals surface area contributed by atoms with Crippen LogP contribution in [0.5, 0.6) is 0 Å². The molecule has 0 aromatic carbocycles. The zero-order chi connectivity index (χ0) is 12.9. The van der Waals surface area contributed by atoms with Crippen LogP contribution < -0.4 is 5.32 Å². The Bertz CT molecular complexity index is 365. The number of rotatable bonds is 6. The van der Waals surface area contributed by atoms with E-state index in [2.05, 4.69) is 5.32 Å². The van der Waals surface area contributed by atoms with Gasteiger partial charge in [0.15, 0.2) is 0 Å². The Hall–Kier alpha value is -1.15. The fraction of sp³-hybridized carbons (Fsp3) is 0.750. The Kier molecular flexibility index (Phi) is 5.39. The summed E-state index contributed by atoms with van der Waals surface area (Å²) in [5.41, 5.74) is 0. The summed E-state index contributed by atoms with van der Waals surface area (Å²) >= 11 is 0. The van der Waals surface area contributed by atoms with Crippen molar-refractivity contribution < 1.29 is 23.1 Å². The van der Waals surface area contributed by atoms with E-state index < -0.39 is 22.0 Å². The molecule has 2 N–H and O–H groups in total. The minimum absolute atomic E-state index is 0.0636. The molecule has 0 aromatic rings. The first-order valence-corrected chi connectivity index (χ1v) is 6.45. The summed E-state index contributed by atoms with van der Waals surface area (Å²) < 4.78 is 23.4. The fourth-order valence-corrected chi connectivity index (χ4v) is 2.20. The molecule has 1 atom stereocenters. The molecule has 16 heavy (non-hydrogen) atoms. The molecule has 0 saturated heterocycles. The van der Waals surface area contributed by atoms with Gasteiger partial charge in [-0.15, -0.1) is 0 Å². The number of hydrogen-bond donors (Lipinski definition) is 2. The summed E-state index contributed by atoms with van der Waals surface area (Å²) in [5.74, 6) is -1.52. The molecule has 0 heterocycles. The SMILES string of the molecule is CC(=O)NCCN(C(C)C(=O)O)S(C)(=O)=O. The van der Waals surface area contributed by atoms with E-state index in [1.165, 1.54) is 13.8 Å². The fourth-order valence-electron chi connectivity index (χ4n) is 1.11. The first kappa shape index (κ1) is 14.8. The van der Waals surface area contributed by atoms with Crippen molar-refractivity contribution in [3.05, 3.63) is 0 Å². The maximum Gasteiger partial charge on any atom is 0.321 e. The van der Waals surface area contributed by atoms with Crippen molar-refractivity contribution in [3.63, 3.8) is 0 Å². The summed E-state index contributed by atoms with van der Waals surface area (Å²) in [6.07, 6.45) is 0.931. The molecule has 0 rings (SSSR count). The van der Waals surface area contributed by atoms with E-state index in [9.17, 15) is 18.0 Å². The molecule has 0 aliphatic rings. The lowest BCUT2D eigenvalue weighted by atomic mass is 10.3. The van der Waals surface area contributed by atoms with E-state index in [1.54, 1.807) is 0 Å². The maximum absolute atomic E-state index is 11.3. The number of nitrogens with zero attached hydrogens (tertiary/aromatic N) is 1. The Morgan fingerprint density at radius 3 is 2.25 bits per heavy atom. The highest BCUT2D eigenvalue weighted by Gasteiger charge is 2.27. The van der Waals surface area contributed by atoms with Gasteiger partial charge in [0.2, 0.25) is 15.9 Å². The van der Waals surface area contributed by atoms with Gasteiger partial charge in [0.1, 0.15) is 6.04 Å². The molecule has 0 aromatic heterocycles. The Balaban J connectivity index is 4.59. The minimum atomic E-state index is -3.61. The zero-order valence-corrected chi connectivity index (χ0v) is 10.2. The highest BCUT2D eigenvalue weighted by molar-refractivity contribution is 7.88. The molecule has 94 valence electrons. The number of carbonyl (C=O) groups excluding carboxylic acids is 1. The smallest absolute Gasteiger partial charge is 0.321 e. The van der Waals surface area contributed by atoms with Gasteiger partial charge in [0.25, 0.3) is 0 Å². The Labute approximate surface area is 94.5 Å². The third-order valence-electron chi connectivity index (χ3n) is 1.92. The molecule has 7 nitrogen and oxygen atoms in total. The molecule has 0 aliphatic heterocycles. The van der Waals surface area contributed by atoms with Crippen molar-refractivity contribution in [1.82, 2.24) is 9.62 Å². The minimum Gasteiger partial charge on any atom is -0.480 e. The zero-order valence-electron chi connectivity index (χ0n) is 9.43. The molecule has 0 spiro atoms. The van der Waals surface area contributed by atoms with Crippen LogP contribution >= 0.6 is 0 Å². The van der Waals surface area contributed by atoms with Crippen LogP contribution in [0.1, 0.15) is 13.8 Å². The van der Waals surface area contributed by atoms with E-state index in [1.807, 2.05) is 0 Å². The van der Waals surface area contributed by atoms with Gasteiger partial charge in [-0.25, -0.2) is 8.42 Å². The number of sulfonamides is 1. The van der Waals surface area contributed by atoms with Crippen molar-refractivity contribution >= 4 is 21.9 Å². The summed E-state index contributed by atoms with van der Waals surface area (Å²) in [4.78, 5) is 21.3. The van der Waals surface area contributed by atoms with E-state index >= 15 is 0 Å². The van der Waals surface area contributed by atoms with Gasteiger partial charge in [-0.1, -0.05) is 0 Å². The van der Waals surface area contributed by atoms with Crippen molar-refractivity contribution in [2.24, 2.45) is 0 Å². The molecule has 0 aliphatic carbocycles. The molecule has 8 heteroatoms. The monoisotopic (exact) mass is 252 g/mol. The lowest BCUT2D eigenvalue weighted by molar-refractivity contribution is -0.140. The standard InChI is InChI=1S/C8H16N2O5S/c1-6(8(12)13)10(16(3,14)15)5-4-9-7(2)11/h6H,4-5H2,1-3H3,(H,9,11)(H,12,13). The second-order valence-corrected chi connectivity index (χ2v) is 5.31. The second kappa shape index (κ2) is 5.80. The lowest BCUT2D eigenvalue weighted by Crippen LogP contribution is -2.46. The highest BCUT2D eigenvalue weighted by Crippen LogP contribution is 2.04. The first-order chi connectivity index (χ1) is 7.16. The Morgan fingerprint density at radius 1 is 1.44 bits per heavy atom. The average Bonchev–Trinajstić information content (AvgIpc) is 2.08. The van der Waals surface area contributed by atoms with E-state index in [0.29, 0.717) is 0 Å². The van der Waals surface area contributed by atoms with Crippen molar-refractivity contribution in [2.75, 3.05) is 19.3 Å². The Morgan fingerprint density at radius 2 is 1.94 bits per heavy atom. The normalized spacial score (nSPS) is 13.5. The molecule has 0 saturated carbocycles. The van der Waals surface area contributed by atoms with Crippen LogP contribution in [0.3, 0.4) is 0 Å². The lowest BCUT2D eigenvalue weighted by Gasteiger charge is -2.23. The first-order valence-electron chi connectivity index (χ1n) is 4.60. The number of carbonyl (C=O) groups is 2. The second-order valence-electron chi connectivity index (χ2n) is 3.37. The molecule has 0 fully saturated rings. The van der Waals surface area contributed by atoms with Gasteiger partial charge in [0.05, 0.1) is 6.26 Å². The molecule has 0 bridgehead atoms. The van der Waals surface area contributed by atoms with Crippen LogP contribution in [-0.2, 0) is 19.6 Å². The van der Waals surface area contributed by atoms with Crippen LogP contribution in [-0.4, -0.2) is 55.1 Å². The molecular formula is C8H16N2O5S. The van der Waals surface area contributed by atoms with Crippen LogP contribution in [0.2, 0.25) is 0 Å². The van der Waals surface area contributed by atoms with Crippen molar-refractivity contribution in [3.8, 4) is 0 Å². The van der Waals surface area contributed by atoms with Gasteiger partial charge in [-0.2, -0.15) is 4.31 Å². The van der Waals surface area contributed by atoms with Crippen LogP contribution in [0.4, 0.5) is 0 Å². The van der Waals surface area contributed by atoms with Crippen LogP contribution in [0, 0.1) is 0 Å². The number of amides is 1. The average molecular weight is 252 g/mol. The van der Waals surface area contributed by atoms with Crippen LogP contribution in [0.25, 0.3) is 0 Å². The van der Waals surface area contributed by atoms with Crippen molar-refractivity contribution in [2.45, 2.75) is 19.9 Å². The molecule has 1 unspecified atom stereocenters. The van der Waals surface area contributed by atoms with Gasteiger partial charge in [-0.05, 0) is 6.92 Å². The number of carboxylic acid groups (broad SMARTS) is 1. The van der Waals surface area contributed by atoms with Crippen LogP contribution in [0.15, 0.2) is 0 Å². The van der Waals surface area contributed by atoms with Gasteiger partial charge in [-0.3, -0.25) is 9.59 Å². The quantitative estimate of drug-likeness (QED) is 0.621. The molecule has 0 radical (unpaired) electrons. The van der Waals surface area contributed by atoms with Gasteiger partial charge >= 0.3 is 5.97 Å². The summed E-state index contributed by atoms with van der Waals surface area (Å²) in [6.45, 7) is 2.59. The van der Waals surface area contributed by atoms with E-state index in [-0.39, 0.29) is 19.0 Å². The summed E-state index contributed by atoms with van der Waals surface area (Å²) in [7, 11) is -3.61. The van der Waals surface area contributed by atoms with E-state index in [4.69, 9.17) is 5.11 Å². The number of nitrogens with one attached hydrogen (secondary N) is 1. The summed E-state index contributed by atoms with van der Waals surface area (Å²) in [5, 5.41) is 11.1. The maximum atomic E-state index is 11.3. The largest absolute Gasteiger partial charge is 0.480 e. The third kappa shape index (κ3) is 5.08. The van der Waals surface area contributed by atoms with Crippen molar-refractivity contribution in [1.29, 1.82) is 0 Å². The number of aliphatic carboxylic acids is 1. The number of carboxylic acids is 1. The van der Waals surface area contributed by atoms with E-state index in [0.717, 1.165) is 10.6 Å². The highest BCUT2D eigenvalue weighted by atomic mass is 32.2. The third-order valence-corrected chi connectivity index (χ3v) is 3.27. The predicted octanol–water partition coefficient (Wildman–Crippen LogP) is -1.14.